The summed E-state index contributed by atoms with van der Waals surface area (Å²) in [6.07, 6.45) is 0.972. The molecular formula is C20H29IN4O2S. The molecule has 2 N–H and O–H groups in total. The fourth-order valence-electron chi connectivity index (χ4n) is 2.75. The van der Waals surface area contributed by atoms with Crippen LogP contribution in [-0.2, 0) is 29.5 Å². The molecule has 0 aliphatic rings. The zero-order valence-corrected chi connectivity index (χ0v) is 19.9. The second-order valence-corrected chi connectivity index (χ2v) is 8.42. The summed E-state index contributed by atoms with van der Waals surface area (Å²) in [5.41, 5.74) is 3.21. The minimum atomic E-state index is -3.49. The van der Waals surface area contributed by atoms with Crippen molar-refractivity contribution in [3.8, 4) is 0 Å². The molecule has 0 saturated heterocycles. The molecule has 0 heterocycles. The van der Waals surface area contributed by atoms with Crippen LogP contribution in [0.3, 0.4) is 0 Å². The first-order valence-corrected chi connectivity index (χ1v) is 10.4. The number of aliphatic imine (C=N–C) groups is 1. The van der Waals surface area contributed by atoms with Gasteiger partial charge in [0.15, 0.2) is 5.96 Å². The van der Waals surface area contributed by atoms with Gasteiger partial charge in [-0.1, -0.05) is 49.4 Å². The van der Waals surface area contributed by atoms with E-state index in [2.05, 4.69) is 34.7 Å². The van der Waals surface area contributed by atoms with Crippen LogP contribution in [0.2, 0.25) is 0 Å². The first-order valence-electron chi connectivity index (χ1n) is 8.91. The molecule has 0 atom stereocenters. The highest BCUT2D eigenvalue weighted by Gasteiger charge is 2.20. The van der Waals surface area contributed by atoms with Gasteiger partial charge in [-0.05, 0) is 29.2 Å². The normalized spacial score (nSPS) is 11.8. The number of hydrogen-bond acceptors (Lipinski definition) is 3. The van der Waals surface area contributed by atoms with Crippen LogP contribution < -0.4 is 10.6 Å². The van der Waals surface area contributed by atoms with E-state index >= 15 is 0 Å². The van der Waals surface area contributed by atoms with Crippen LogP contribution in [0.15, 0.2) is 58.4 Å². The van der Waals surface area contributed by atoms with E-state index in [4.69, 9.17) is 0 Å². The number of nitrogens with one attached hydrogen (secondary N) is 2. The Hall–Kier alpha value is -1.65. The zero-order valence-electron chi connectivity index (χ0n) is 16.8. The van der Waals surface area contributed by atoms with E-state index in [-0.39, 0.29) is 24.0 Å². The van der Waals surface area contributed by atoms with Gasteiger partial charge in [0.25, 0.3) is 0 Å². The van der Waals surface area contributed by atoms with Gasteiger partial charge in [-0.2, -0.15) is 0 Å². The minimum Gasteiger partial charge on any atom is -0.352 e. The monoisotopic (exact) mass is 516 g/mol. The first-order chi connectivity index (χ1) is 12.9. The summed E-state index contributed by atoms with van der Waals surface area (Å²) in [7, 11) is 1.27. The molecule has 0 radical (unpaired) electrons. The zero-order chi connectivity index (χ0) is 19.9. The van der Waals surface area contributed by atoms with Gasteiger partial charge in [-0.15, -0.1) is 24.0 Å². The van der Waals surface area contributed by atoms with Crippen LogP contribution in [-0.4, -0.2) is 39.8 Å². The number of nitrogens with zero attached hydrogens (tertiary/aromatic N) is 2. The van der Waals surface area contributed by atoms with Crippen molar-refractivity contribution in [1.29, 1.82) is 0 Å². The third-order valence-corrected chi connectivity index (χ3v) is 6.26. The van der Waals surface area contributed by atoms with Gasteiger partial charge < -0.3 is 10.6 Å². The lowest BCUT2D eigenvalue weighted by Gasteiger charge is -2.17. The first kappa shape index (κ1) is 24.4. The van der Waals surface area contributed by atoms with E-state index in [1.807, 2.05) is 24.3 Å². The van der Waals surface area contributed by atoms with Gasteiger partial charge in [-0.25, -0.2) is 12.7 Å². The highest BCUT2D eigenvalue weighted by atomic mass is 127. The van der Waals surface area contributed by atoms with Crippen molar-refractivity contribution in [2.75, 3.05) is 21.1 Å². The van der Waals surface area contributed by atoms with Crippen molar-refractivity contribution in [3.05, 3.63) is 65.2 Å². The van der Waals surface area contributed by atoms with E-state index in [0.717, 1.165) is 6.42 Å². The standard InChI is InChI=1S/C20H28N4O2S.HI/c1-5-16-10-6-7-11-17(16)14-22-20(21-2)23-15-18-12-8-9-13-19(18)27(25,26)24(3)4;/h6-13H,5,14-15H2,1-4H3,(H2,21,22,23);1H. The highest BCUT2D eigenvalue weighted by Crippen LogP contribution is 2.18. The summed E-state index contributed by atoms with van der Waals surface area (Å²) in [5.74, 6) is 0.623. The summed E-state index contributed by atoms with van der Waals surface area (Å²) in [6, 6.07) is 15.3. The minimum absolute atomic E-state index is 0. The number of sulfonamides is 1. The molecule has 2 aromatic rings. The Kier molecular flexibility index (Phi) is 9.91. The fourth-order valence-corrected chi connectivity index (χ4v) is 3.87. The van der Waals surface area contributed by atoms with Crippen LogP contribution in [0, 0.1) is 0 Å². The molecule has 0 amide bonds. The topological polar surface area (TPSA) is 73.8 Å². The molecule has 0 aliphatic heterocycles. The summed E-state index contributed by atoms with van der Waals surface area (Å²) in [6.45, 7) is 3.15. The van der Waals surface area contributed by atoms with E-state index in [0.29, 0.717) is 29.5 Å². The Bertz CT molecular complexity index is 899. The largest absolute Gasteiger partial charge is 0.352 e. The lowest BCUT2D eigenvalue weighted by Crippen LogP contribution is -2.37. The number of guanidine groups is 1. The van der Waals surface area contributed by atoms with E-state index in [1.54, 1.807) is 19.2 Å². The van der Waals surface area contributed by atoms with Gasteiger partial charge in [0.05, 0.1) is 4.90 Å². The number of aryl methyl sites for hydroxylation is 1. The van der Waals surface area contributed by atoms with Crippen LogP contribution in [0.25, 0.3) is 0 Å². The smallest absolute Gasteiger partial charge is 0.242 e. The lowest BCUT2D eigenvalue weighted by atomic mass is 10.1. The number of hydrogen-bond donors (Lipinski definition) is 2. The molecule has 6 nitrogen and oxygen atoms in total. The number of halogens is 1. The maximum Gasteiger partial charge on any atom is 0.242 e. The third kappa shape index (κ3) is 6.18. The summed E-state index contributed by atoms with van der Waals surface area (Å²) in [5, 5.41) is 6.49. The molecule has 0 saturated carbocycles. The van der Waals surface area contributed by atoms with Crippen LogP contribution in [0.1, 0.15) is 23.6 Å². The van der Waals surface area contributed by atoms with Gasteiger partial charge in [-0.3, -0.25) is 4.99 Å². The second-order valence-electron chi connectivity index (χ2n) is 6.30. The summed E-state index contributed by atoms with van der Waals surface area (Å²) in [4.78, 5) is 4.54. The van der Waals surface area contributed by atoms with Gasteiger partial charge >= 0.3 is 0 Å². The molecular weight excluding hydrogens is 487 g/mol. The summed E-state index contributed by atoms with van der Waals surface area (Å²) >= 11 is 0. The molecule has 0 bridgehead atoms. The Morgan fingerprint density at radius 1 is 0.929 bits per heavy atom. The average molecular weight is 516 g/mol. The van der Waals surface area contributed by atoms with Gasteiger partial charge in [0.2, 0.25) is 10.0 Å². The maximum absolute atomic E-state index is 12.5. The Labute approximate surface area is 185 Å². The predicted octanol–water partition coefficient (Wildman–Crippen LogP) is 2.98. The van der Waals surface area contributed by atoms with Crippen molar-refractivity contribution in [2.24, 2.45) is 4.99 Å². The van der Waals surface area contributed by atoms with E-state index < -0.39 is 10.0 Å². The van der Waals surface area contributed by atoms with Crippen LogP contribution >= 0.6 is 24.0 Å². The molecule has 154 valence electrons. The van der Waals surface area contributed by atoms with Crippen molar-refractivity contribution in [2.45, 2.75) is 31.3 Å². The predicted molar refractivity (Wildman–Crippen MR) is 126 cm³/mol. The summed E-state index contributed by atoms with van der Waals surface area (Å²) < 4.78 is 26.2. The molecule has 2 aromatic carbocycles. The van der Waals surface area contributed by atoms with Crippen LogP contribution in [0.4, 0.5) is 0 Å². The SMILES string of the molecule is CCc1ccccc1CNC(=NC)NCc1ccccc1S(=O)(=O)N(C)C.I. The molecule has 0 aromatic heterocycles. The van der Waals surface area contributed by atoms with Gasteiger partial charge in [0.1, 0.15) is 0 Å². The average Bonchev–Trinajstić information content (AvgIpc) is 2.68. The lowest BCUT2D eigenvalue weighted by molar-refractivity contribution is 0.519. The number of rotatable bonds is 7. The van der Waals surface area contributed by atoms with Crippen molar-refractivity contribution >= 4 is 40.0 Å². The highest BCUT2D eigenvalue weighted by molar-refractivity contribution is 14.0. The third-order valence-electron chi connectivity index (χ3n) is 4.35. The molecule has 28 heavy (non-hydrogen) atoms. The molecule has 2 rings (SSSR count). The fraction of sp³-hybridized carbons (Fsp3) is 0.350. The Morgan fingerprint density at radius 2 is 1.43 bits per heavy atom. The molecule has 0 aliphatic carbocycles. The molecule has 0 spiro atoms. The van der Waals surface area contributed by atoms with E-state index in [1.165, 1.54) is 29.5 Å². The number of benzene rings is 2. The van der Waals surface area contributed by atoms with Crippen molar-refractivity contribution < 1.29 is 8.42 Å². The molecule has 8 heteroatoms. The van der Waals surface area contributed by atoms with Crippen molar-refractivity contribution in [1.82, 2.24) is 14.9 Å². The Morgan fingerprint density at radius 3 is 1.96 bits per heavy atom. The Balaban J connectivity index is 0.00000392. The van der Waals surface area contributed by atoms with Crippen LogP contribution in [0.5, 0.6) is 0 Å². The molecule has 0 fully saturated rings. The van der Waals surface area contributed by atoms with Crippen molar-refractivity contribution in [3.63, 3.8) is 0 Å². The second kappa shape index (κ2) is 11.4. The molecule has 0 unspecified atom stereocenters. The maximum atomic E-state index is 12.5. The quantitative estimate of drug-likeness (QED) is 0.337. The van der Waals surface area contributed by atoms with E-state index in [9.17, 15) is 8.42 Å². The van der Waals surface area contributed by atoms with Gasteiger partial charge in [0, 0.05) is 34.2 Å².